The molecular formula is C45H45O9S+. The second-order valence-corrected chi connectivity index (χ2v) is 13.7. The quantitative estimate of drug-likeness (QED) is 0.0404. The van der Waals surface area contributed by atoms with Gasteiger partial charge >= 0.3 is 0 Å². The zero-order valence-corrected chi connectivity index (χ0v) is 32.0. The van der Waals surface area contributed by atoms with Gasteiger partial charge in [0, 0.05) is 19.8 Å². The zero-order chi connectivity index (χ0) is 38.1. The van der Waals surface area contributed by atoms with E-state index in [4.69, 9.17) is 42.6 Å². The maximum atomic E-state index is 6.17. The Morgan fingerprint density at radius 3 is 0.709 bits per heavy atom. The molecule has 6 rings (SSSR count). The van der Waals surface area contributed by atoms with E-state index in [0.717, 1.165) is 49.2 Å². The molecule has 10 heteroatoms. The highest BCUT2D eigenvalue weighted by Gasteiger charge is 2.29. The van der Waals surface area contributed by atoms with E-state index in [9.17, 15) is 0 Å². The molecule has 0 radical (unpaired) electrons. The first-order chi connectivity index (χ1) is 27.1. The van der Waals surface area contributed by atoms with Crippen molar-refractivity contribution in [2.24, 2.45) is 0 Å². The predicted octanol–water partition coefficient (Wildman–Crippen LogP) is 11.3. The average Bonchev–Trinajstić information content (AvgIpc) is 3.22. The standard InChI is InChI=1S/C45H45O9S/c1-4-46-31-49-34-7-13-37(14-8-34)52-40-19-25-43(26-20-40)55(44-27-21-41(22-28-44)53-38-15-9-35(10-16-38)50-32-47-5-2)45-29-23-42(24-30-45)54-39-17-11-36(12-18-39)51-33-48-6-3/h7-30H,4-6,31-33H2,1-3H3/q+1. The summed E-state index contributed by atoms with van der Waals surface area (Å²) in [6.45, 7) is 8.22. The number of rotatable bonds is 21. The first kappa shape index (κ1) is 39.1. The molecule has 0 bridgehead atoms. The van der Waals surface area contributed by atoms with Gasteiger partial charge in [-0.05, 0) is 166 Å². The molecule has 9 nitrogen and oxygen atoms in total. The lowest BCUT2D eigenvalue weighted by Gasteiger charge is -2.12. The molecule has 55 heavy (non-hydrogen) atoms. The minimum atomic E-state index is -0.453. The molecule has 6 aromatic rings. The van der Waals surface area contributed by atoms with Gasteiger partial charge in [0.2, 0.25) is 0 Å². The largest absolute Gasteiger partial charge is 0.468 e. The van der Waals surface area contributed by atoms with Crippen molar-refractivity contribution in [3.63, 3.8) is 0 Å². The molecule has 0 saturated carbocycles. The lowest BCUT2D eigenvalue weighted by atomic mass is 10.3. The van der Waals surface area contributed by atoms with Crippen LogP contribution in [0.4, 0.5) is 0 Å². The molecule has 0 aliphatic carbocycles. The highest BCUT2D eigenvalue weighted by molar-refractivity contribution is 7.97. The van der Waals surface area contributed by atoms with Gasteiger partial charge in [0.1, 0.15) is 51.7 Å². The molecule has 0 atom stereocenters. The number of hydrogen-bond acceptors (Lipinski definition) is 9. The third kappa shape index (κ3) is 11.9. The fraction of sp³-hybridized carbons (Fsp3) is 0.200. The summed E-state index contributed by atoms with van der Waals surface area (Å²) in [5.41, 5.74) is 0. The Labute approximate surface area is 325 Å². The van der Waals surface area contributed by atoms with Crippen LogP contribution in [0.1, 0.15) is 20.8 Å². The Balaban J connectivity index is 1.18. The van der Waals surface area contributed by atoms with Crippen LogP contribution in [0.5, 0.6) is 51.7 Å². The first-order valence-corrected chi connectivity index (χ1v) is 19.3. The molecule has 0 fully saturated rings. The monoisotopic (exact) mass is 761 g/mol. The van der Waals surface area contributed by atoms with Gasteiger partial charge in [0.05, 0.1) is 10.9 Å². The van der Waals surface area contributed by atoms with Gasteiger partial charge in [0.25, 0.3) is 0 Å². The predicted molar refractivity (Wildman–Crippen MR) is 212 cm³/mol. The van der Waals surface area contributed by atoms with Crippen LogP contribution in [0.25, 0.3) is 0 Å². The van der Waals surface area contributed by atoms with Crippen molar-refractivity contribution in [3.05, 3.63) is 146 Å². The third-order valence-corrected chi connectivity index (χ3v) is 10.1. The maximum absolute atomic E-state index is 6.17. The molecule has 0 heterocycles. The molecule has 0 aliphatic heterocycles. The van der Waals surface area contributed by atoms with Gasteiger partial charge in [-0.25, -0.2) is 0 Å². The molecule has 0 aliphatic rings. The highest BCUT2D eigenvalue weighted by atomic mass is 32.2. The van der Waals surface area contributed by atoms with E-state index < -0.39 is 10.9 Å². The Morgan fingerprint density at radius 1 is 0.291 bits per heavy atom. The van der Waals surface area contributed by atoms with Gasteiger partial charge in [-0.1, -0.05) is 0 Å². The maximum Gasteiger partial charge on any atom is 0.189 e. The number of benzene rings is 6. The smallest absolute Gasteiger partial charge is 0.189 e. The number of hydrogen-bond donors (Lipinski definition) is 0. The van der Waals surface area contributed by atoms with Gasteiger partial charge in [-0.3, -0.25) is 0 Å². The highest BCUT2D eigenvalue weighted by Crippen LogP contribution is 2.36. The molecule has 0 N–H and O–H groups in total. The summed E-state index contributed by atoms with van der Waals surface area (Å²) in [4.78, 5) is 3.37. The fourth-order valence-electron chi connectivity index (χ4n) is 5.14. The van der Waals surface area contributed by atoms with Crippen molar-refractivity contribution in [3.8, 4) is 51.7 Å². The molecule has 284 valence electrons. The van der Waals surface area contributed by atoms with Crippen molar-refractivity contribution in [2.45, 2.75) is 35.5 Å². The minimum Gasteiger partial charge on any atom is -0.468 e. The van der Waals surface area contributed by atoms with Crippen molar-refractivity contribution < 1.29 is 42.6 Å². The first-order valence-electron chi connectivity index (χ1n) is 18.1. The summed E-state index contributed by atoms with van der Waals surface area (Å²) in [5, 5.41) is 0. The van der Waals surface area contributed by atoms with Crippen molar-refractivity contribution >= 4 is 10.9 Å². The van der Waals surface area contributed by atoms with Crippen LogP contribution in [0.3, 0.4) is 0 Å². The summed E-state index contributed by atoms with van der Waals surface area (Å²) in [7, 11) is -0.453. The van der Waals surface area contributed by atoms with Crippen LogP contribution in [0, 0.1) is 0 Å². The van der Waals surface area contributed by atoms with E-state index in [2.05, 4.69) is 36.4 Å². The molecule has 6 aromatic carbocycles. The van der Waals surface area contributed by atoms with E-state index in [-0.39, 0.29) is 20.4 Å². The van der Waals surface area contributed by atoms with Crippen LogP contribution in [-0.4, -0.2) is 40.2 Å². The number of ether oxygens (including phenoxy) is 9. The van der Waals surface area contributed by atoms with Gasteiger partial charge in [-0.2, -0.15) is 0 Å². The van der Waals surface area contributed by atoms with Crippen LogP contribution >= 0.6 is 0 Å². The van der Waals surface area contributed by atoms with E-state index >= 15 is 0 Å². The lowest BCUT2D eigenvalue weighted by molar-refractivity contribution is 0.0221. The Kier molecular flexibility index (Phi) is 14.7. The molecule has 0 unspecified atom stereocenters. The molecule has 0 spiro atoms. The molecular weight excluding hydrogens is 717 g/mol. The Bertz CT molecular complexity index is 1750. The lowest BCUT2D eigenvalue weighted by Crippen LogP contribution is -2.05. The van der Waals surface area contributed by atoms with Crippen molar-refractivity contribution in [1.82, 2.24) is 0 Å². The van der Waals surface area contributed by atoms with Crippen molar-refractivity contribution in [1.29, 1.82) is 0 Å². The van der Waals surface area contributed by atoms with E-state index in [1.165, 1.54) is 0 Å². The minimum absolute atomic E-state index is 0.213. The molecule has 0 amide bonds. The molecule has 0 aromatic heterocycles. The van der Waals surface area contributed by atoms with Gasteiger partial charge < -0.3 is 42.6 Å². The average molecular weight is 762 g/mol. The van der Waals surface area contributed by atoms with Crippen LogP contribution in [0.2, 0.25) is 0 Å². The van der Waals surface area contributed by atoms with Crippen molar-refractivity contribution in [2.75, 3.05) is 40.2 Å². The third-order valence-electron chi connectivity index (χ3n) is 7.90. The van der Waals surface area contributed by atoms with Crippen LogP contribution in [-0.2, 0) is 25.1 Å². The van der Waals surface area contributed by atoms with E-state index in [0.29, 0.717) is 37.1 Å². The Morgan fingerprint density at radius 2 is 0.491 bits per heavy atom. The van der Waals surface area contributed by atoms with E-state index in [1.807, 2.05) is 130 Å². The molecule has 0 saturated heterocycles. The second-order valence-electron chi connectivity index (χ2n) is 11.7. The van der Waals surface area contributed by atoms with Crippen LogP contribution < -0.4 is 28.4 Å². The normalized spacial score (nSPS) is 10.9. The summed E-state index contributed by atoms with van der Waals surface area (Å²) >= 11 is 0. The zero-order valence-electron chi connectivity index (χ0n) is 31.2. The van der Waals surface area contributed by atoms with Crippen LogP contribution in [0.15, 0.2) is 160 Å². The SMILES string of the molecule is CCOCOc1ccc(Oc2ccc([S+](c3ccc(Oc4ccc(OCOCC)cc4)cc3)c3ccc(Oc4ccc(OCOCC)cc4)cc3)cc2)cc1. The summed E-state index contributed by atoms with van der Waals surface area (Å²) in [5.74, 6) is 6.47. The summed E-state index contributed by atoms with van der Waals surface area (Å²) in [6.07, 6.45) is 0. The fourth-order valence-corrected chi connectivity index (χ4v) is 7.18. The topological polar surface area (TPSA) is 83.1 Å². The van der Waals surface area contributed by atoms with Gasteiger partial charge in [-0.15, -0.1) is 0 Å². The van der Waals surface area contributed by atoms with E-state index in [1.54, 1.807) is 0 Å². The summed E-state index contributed by atoms with van der Waals surface area (Å²) < 4.78 is 51.1. The van der Waals surface area contributed by atoms with Gasteiger partial charge in [0.15, 0.2) is 35.1 Å². The second kappa shape index (κ2) is 20.7. The summed E-state index contributed by atoms with van der Waals surface area (Å²) in [6, 6.07) is 47.1. The Hall–Kier alpha value is -5.65.